The lowest BCUT2D eigenvalue weighted by molar-refractivity contribution is -0.137. The van der Waals surface area contributed by atoms with Crippen LogP contribution in [0, 0.1) is 0 Å². The molecule has 0 spiro atoms. The van der Waals surface area contributed by atoms with Crippen LogP contribution in [0.3, 0.4) is 0 Å². The molecule has 3 heterocycles. The molecule has 0 saturated carbocycles. The minimum Gasteiger partial charge on any atom is -0.454 e. The highest BCUT2D eigenvalue weighted by atomic mass is 16.7. The molecule has 1 aromatic carbocycles. The topological polar surface area (TPSA) is 54.5 Å². The zero-order chi connectivity index (χ0) is 18.6. The number of hydrogen-bond acceptors (Lipinski definition) is 6. The third-order valence-electron chi connectivity index (χ3n) is 5.78. The Morgan fingerprint density at radius 2 is 1.96 bits per heavy atom. The first kappa shape index (κ1) is 18.5. The quantitative estimate of drug-likeness (QED) is 0.770. The van der Waals surface area contributed by atoms with Crippen molar-refractivity contribution >= 4 is 5.91 Å². The second kappa shape index (κ2) is 8.46. The predicted octanol–water partition coefficient (Wildman–Crippen LogP) is 1.17. The predicted molar refractivity (Wildman–Crippen MR) is 101 cm³/mol. The first-order chi connectivity index (χ1) is 13.2. The molecule has 148 valence electrons. The Morgan fingerprint density at radius 1 is 1.15 bits per heavy atom. The van der Waals surface area contributed by atoms with E-state index >= 15 is 0 Å². The fraction of sp³-hybridized carbons (Fsp3) is 0.650. The number of benzene rings is 1. The number of rotatable bonds is 5. The molecule has 1 amide bonds. The van der Waals surface area contributed by atoms with Gasteiger partial charge in [-0.25, -0.2) is 0 Å². The highest BCUT2D eigenvalue weighted by molar-refractivity contribution is 5.77. The minimum atomic E-state index is 0.114. The lowest BCUT2D eigenvalue weighted by atomic mass is 10.0. The second-order valence-corrected chi connectivity index (χ2v) is 7.57. The Bertz CT molecular complexity index is 661. The molecular weight excluding hydrogens is 346 g/mol. The van der Waals surface area contributed by atoms with E-state index < -0.39 is 0 Å². The van der Waals surface area contributed by atoms with E-state index in [0.29, 0.717) is 12.8 Å². The molecule has 0 radical (unpaired) electrons. The van der Waals surface area contributed by atoms with Crippen molar-refractivity contribution < 1.29 is 19.0 Å². The van der Waals surface area contributed by atoms with Crippen LogP contribution in [-0.2, 0) is 16.1 Å². The lowest BCUT2D eigenvalue weighted by Crippen LogP contribution is -2.55. The van der Waals surface area contributed by atoms with Crippen LogP contribution in [0.4, 0.5) is 0 Å². The molecule has 0 aromatic heterocycles. The van der Waals surface area contributed by atoms with Gasteiger partial charge in [-0.15, -0.1) is 0 Å². The van der Waals surface area contributed by atoms with Crippen molar-refractivity contribution in [3.8, 4) is 11.5 Å². The molecule has 27 heavy (non-hydrogen) atoms. The SMILES string of the molecule is COCC(=O)N1CCCC(N2CCN(Cc3ccc4c(c3)OCO4)CC2)C1. The van der Waals surface area contributed by atoms with Gasteiger partial charge in [0.2, 0.25) is 12.7 Å². The first-order valence-electron chi connectivity index (χ1n) is 9.84. The molecular formula is C20H29N3O4. The molecule has 1 atom stereocenters. The van der Waals surface area contributed by atoms with Crippen LogP contribution >= 0.6 is 0 Å². The maximum atomic E-state index is 12.1. The standard InChI is InChI=1S/C20H29N3O4/c1-25-14-20(24)23-6-2-3-17(13-23)22-9-7-21(8-10-22)12-16-4-5-18-19(11-16)27-15-26-18/h4-5,11,17H,2-3,6-10,12-15H2,1H3. The monoisotopic (exact) mass is 375 g/mol. The van der Waals surface area contributed by atoms with Gasteiger partial charge in [-0.2, -0.15) is 0 Å². The Kier molecular flexibility index (Phi) is 5.80. The van der Waals surface area contributed by atoms with Crippen molar-refractivity contribution in [3.63, 3.8) is 0 Å². The van der Waals surface area contributed by atoms with E-state index in [4.69, 9.17) is 14.2 Å². The van der Waals surface area contributed by atoms with Crippen LogP contribution in [-0.4, -0.2) is 86.4 Å². The molecule has 1 unspecified atom stereocenters. The van der Waals surface area contributed by atoms with Crippen LogP contribution in [0.1, 0.15) is 18.4 Å². The van der Waals surface area contributed by atoms with Gasteiger partial charge < -0.3 is 19.1 Å². The van der Waals surface area contributed by atoms with E-state index in [0.717, 1.165) is 63.7 Å². The molecule has 0 aliphatic carbocycles. The number of amides is 1. The summed E-state index contributed by atoms with van der Waals surface area (Å²) in [4.78, 5) is 19.1. The highest BCUT2D eigenvalue weighted by Crippen LogP contribution is 2.33. The lowest BCUT2D eigenvalue weighted by Gasteiger charge is -2.43. The smallest absolute Gasteiger partial charge is 0.248 e. The van der Waals surface area contributed by atoms with Crippen molar-refractivity contribution in [3.05, 3.63) is 23.8 Å². The largest absolute Gasteiger partial charge is 0.454 e. The number of ether oxygens (including phenoxy) is 3. The normalized spacial score (nSPS) is 23.6. The molecule has 7 heteroatoms. The van der Waals surface area contributed by atoms with Crippen molar-refractivity contribution in [2.24, 2.45) is 0 Å². The number of piperazine rings is 1. The number of carbonyl (C=O) groups excluding carboxylic acids is 1. The number of nitrogens with zero attached hydrogens (tertiary/aromatic N) is 3. The van der Waals surface area contributed by atoms with Gasteiger partial charge in [-0.05, 0) is 30.5 Å². The average molecular weight is 375 g/mol. The van der Waals surface area contributed by atoms with Gasteiger partial charge in [-0.1, -0.05) is 6.07 Å². The molecule has 7 nitrogen and oxygen atoms in total. The zero-order valence-corrected chi connectivity index (χ0v) is 16.1. The van der Waals surface area contributed by atoms with Crippen LogP contribution in [0.5, 0.6) is 11.5 Å². The van der Waals surface area contributed by atoms with E-state index in [1.54, 1.807) is 7.11 Å². The van der Waals surface area contributed by atoms with Crippen molar-refractivity contribution in [2.75, 3.05) is 59.8 Å². The van der Waals surface area contributed by atoms with Gasteiger partial charge in [0.05, 0.1) is 0 Å². The number of fused-ring (bicyclic) bond motifs is 1. The summed E-state index contributed by atoms with van der Waals surface area (Å²) in [6.07, 6.45) is 2.26. The fourth-order valence-corrected chi connectivity index (χ4v) is 4.28. The summed E-state index contributed by atoms with van der Waals surface area (Å²) in [5, 5.41) is 0. The Hall–Kier alpha value is -1.83. The van der Waals surface area contributed by atoms with Gasteiger partial charge in [-0.3, -0.25) is 14.6 Å². The molecule has 3 aliphatic rings. The Balaban J connectivity index is 1.27. The van der Waals surface area contributed by atoms with E-state index in [2.05, 4.69) is 21.9 Å². The van der Waals surface area contributed by atoms with Crippen molar-refractivity contribution in [1.82, 2.24) is 14.7 Å². The van der Waals surface area contributed by atoms with Gasteiger partial charge in [0.1, 0.15) is 6.61 Å². The number of carbonyl (C=O) groups is 1. The number of hydrogen-bond donors (Lipinski definition) is 0. The third kappa shape index (κ3) is 4.36. The summed E-state index contributed by atoms with van der Waals surface area (Å²) >= 11 is 0. The number of piperidine rings is 1. The Morgan fingerprint density at radius 3 is 2.78 bits per heavy atom. The Labute approximate surface area is 160 Å². The third-order valence-corrected chi connectivity index (χ3v) is 5.78. The van der Waals surface area contributed by atoms with Crippen LogP contribution in [0.15, 0.2) is 18.2 Å². The summed E-state index contributed by atoms with van der Waals surface area (Å²) in [5.41, 5.74) is 1.27. The van der Waals surface area contributed by atoms with E-state index in [-0.39, 0.29) is 12.5 Å². The average Bonchev–Trinajstić information content (AvgIpc) is 3.17. The second-order valence-electron chi connectivity index (χ2n) is 7.57. The van der Waals surface area contributed by atoms with E-state index in [1.807, 2.05) is 11.0 Å². The number of methoxy groups -OCH3 is 1. The van der Waals surface area contributed by atoms with Gasteiger partial charge >= 0.3 is 0 Å². The summed E-state index contributed by atoms with van der Waals surface area (Å²) in [6, 6.07) is 6.70. The van der Waals surface area contributed by atoms with Gasteiger partial charge in [0.25, 0.3) is 0 Å². The maximum Gasteiger partial charge on any atom is 0.248 e. The minimum absolute atomic E-state index is 0.114. The zero-order valence-electron chi connectivity index (χ0n) is 16.1. The molecule has 3 aliphatic heterocycles. The molecule has 2 saturated heterocycles. The maximum absolute atomic E-state index is 12.1. The summed E-state index contributed by atoms with van der Waals surface area (Å²) in [5.74, 6) is 1.81. The summed E-state index contributed by atoms with van der Waals surface area (Å²) in [7, 11) is 1.58. The van der Waals surface area contributed by atoms with Crippen LogP contribution < -0.4 is 9.47 Å². The highest BCUT2D eigenvalue weighted by Gasteiger charge is 2.30. The van der Waals surface area contributed by atoms with Crippen molar-refractivity contribution in [1.29, 1.82) is 0 Å². The summed E-state index contributed by atoms with van der Waals surface area (Å²) in [6.45, 7) is 7.37. The van der Waals surface area contributed by atoms with Crippen molar-refractivity contribution in [2.45, 2.75) is 25.4 Å². The molecule has 1 aromatic rings. The van der Waals surface area contributed by atoms with Gasteiger partial charge in [0.15, 0.2) is 11.5 Å². The van der Waals surface area contributed by atoms with E-state index in [9.17, 15) is 4.79 Å². The fourth-order valence-electron chi connectivity index (χ4n) is 4.28. The molecule has 2 fully saturated rings. The first-order valence-corrected chi connectivity index (χ1v) is 9.84. The van der Waals surface area contributed by atoms with E-state index in [1.165, 1.54) is 12.0 Å². The number of likely N-dealkylation sites (tertiary alicyclic amines) is 1. The molecule has 0 bridgehead atoms. The molecule has 0 N–H and O–H groups in total. The van der Waals surface area contributed by atoms with Crippen LogP contribution in [0.25, 0.3) is 0 Å². The summed E-state index contributed by atoms with van der Waals surface area (Å²) < 4.78 is 15.9. The van der Waals surface area contributed by atoms with Gasteiger partial charge in [0, 0.05) is 59.0 Å². The van der Waals surface area contributed by atoms with Crippen LogP contribution in [0.2, 0.25) is 0 Å². The molecule has 4 rings (SSSR count).